The first-order valence-corrected chi connectivity index (χ1v) is 14.2. The first-order valence-electron chi connectivity index (χ1n) is 14.2. The van der Waals surface area contributed by atoms with Gasteiger partial charge in [0.15, 0.2) is 0 Å². The lowest BCUT2D eigenvalue weighted by Crippen LogP contribution is -2.43. The molecule has 2 N–H and O–H groups in total. The topological polar surface area (TPSA) is 86.5 Å². The quantitative estimate of drug-likeness (QED) is 0.368. The van der Waals surface area contributed by atoms with Crippen LogP contribution < -0.4 is 10.9 Å². The van der Waals surface area contributed by atoms with Gasteiger partial charge in [-0.1, -0.05) is 25.5 Å². The molecule has 0 atom stereocenters. The van der Waals surface area contributed by atoms with Crippen molar-refractivity contribution in [3.63, 3.8) is 0 Å². The van der Waals surface area contributed by atoms with Crippen molar-refractivity contribution < 1.29 is 5.11 Å². The molecule has 3 heterocycles. The molecule has 2 aromatic heterocycles. The van der Waals surface area contributed by atoms with Gasteiger partial charge in [0, 0.05) is 62.3 Å². The Morgan fingerprint density at radius 3 is 2.51 bits per heavy atom. The summed E-state index contributed by atoms with van der Waals surface area (Å²) >= 11 is 0. The average molecular weight is 507 g/mol. The standard InChI is InChI=1S/C29H42N6O2/c1-3-4-13-30-29-31-19-26-24-12-11-21(20-34-16-14-33(2)15-17-34)18-25(24)28(37)35(27(26)32-29)22-7-5-9-23(36)10-6-8-22/h11-12,18-19,22-23,36H,3-10,13-17,20H2,1-2H3,(H,30,31,32). The Bertz CT molecular complexity index is 1260. The summed E-state index contributed by atoms with van der Waals surface area (Å²) in [4.78, 5) is 28.5. The van der Waals surface area contributed by atoms with E-state index in [1.807, 2.05) is 10.8 Å². The molecule has 0 bridgehead atoms. The summed E-state index contributed by atoms with van der Waals surface area (Å²) in [6, 6.07) is 6.43. The molecule has 1 aliphatic carbocycles. The van der Waals surface area contributed by atoms with Crippen LogP contribution in [0.25, 0.3) is 21.8 Å². The SMILES string of the molecule is CCCCNc1ncc2c3ccc(CN4CCN(C)CC4)cc3c(=O)n(C3CCCC(O)CCC3)c2n1. The zero-order valence-corrected chi connectivity index (χ0v) is 22.5. The second-order valence-corrected chi connectivity index (χ2v) is 11.0. The van der Waals surface area contributed by atoms with E-state index in [9.17, 15) is 9.90 Å². The van der Waals surface area contributed by atoms with E-state index in [-0.39, 0.29) is 17.7 Å². The maximum atomic E-state index is 14.2. The van der Waals surface area contributed by atoms with Gasteiger partial charge in [-0.2, -0.15) is 4.98 Å². The number of piperazine rings is 1. The number of nitrogens with zero attached hydrogens (tertiary/aromatic N) is 5. The molecule has 1 aromatic carbocycles. The van der Waals surface area contributed by atoms with Crippen molar-refractivity contribution >= 4 is 27.8 Å². The zero-order chi connectivity index (χ0) is 25.8. The maximum Gasteiger partial charge on any atom is 0.260 e. The van der Waals surface area contributed by atoms with Crippen LogP contribution in [-0.4, -0.2) is 75.3 Å². The van der Waals surface area contributed by atoms with E-state index in [2.05, 4.69) is 52.3 Å². The molecule has 2 aliphatic rings. The minimum atomic E-state index is -0.222. The normalized spacial score (nSPS) is 22.2. The van der Waals surface area contributed by atoms with Crippen molar-refractivity contribution in [3.8, 4) is 0 Å². The number of likely N-dealkylation sites (N-methyl/N-ethyl adjacent to an activating group) is 1. The molecule has 0 radical (unpaired) electrons. The molecule has 37 heavy (non-hydrogen) atoms. The van der Waals surface area contributed by atoms with Crippen LogP contribution in [0.3, 0.4) is 0 Å². The summed E-state index contributed by atoms with van der Waals surface area (Å²) in [7, 11) is 2.17. The Morgan fingerprint density at radius 2 is 1.78 bits per heavy atom. The number of nitrogens with one attached hydrogen (secondary N) is 1. The smallest absolute Gasteiger partial charge is 0.260 e. The minimum absolute atomic E-state index is 0.0482. The minimum Gasteiger partial charge on any atom is -0.393 e. The molecule has 5 rings (SSSR count). The molecule has 1 saturated carbocycles. The third kappa shape index (κ3) is 5.97. The number of rotatable bonds is 7. The number of anilines is 1. The highest BCUT2D eigenvalue weighted by Gasteiger charge is 2.23. The van der Waals surface area contributed by atoms with Gasteiger partial charge in [0.05, 0.1) is 6.10 Å². The molecule has 8 nitrogen and oxygen atoms in total. The van der Waals surface area contributed by atoms with E-state index in [4.69, 9.17) is 4.98 Å². The van der Waals surface area contributed by atoms with Crippen LogP contribution in [0.15, 0.2) is 29.2 Å². The molecule has 1 saturated heterocycles. The predicted molar refractivity (Wildman–Crippen MR) is 150 cm³/mol. The van der Waals surface area contributed by atoms with E-state index >= 15 is 0 Å². The second kappa shape index (κ2) is 11.9. The van der Waals surface area contributed by atoms with Crippen molar-refractivity contribution in [1.29, 1.82) is 0 Å². The largest absolute Gasteiger partial charge is 0.393 e. The number of pyridine rings is 1. The van der Waals surface area contributed by atoms with Gasteiger partial charge in [-0.3, -0.25) is 14.3 Å². The van der Waals surface area contributed by atoms with Crippen molar-refractivity contribution in [1.82, 2.24) is 24.3 Å². The molecule has 1 aliphatic heterocycles. The van der Waals surface area contributed by atoms with Crippen molar-refractivity contribution in [3.05, 3.63) is 40.3 Å². The van der Waals surface area contributed by atoms with Gasteiger partial charge >= 0.3 is 0 Å². The van der Waals surface area contributed by atoms with Gasteiger partial charge in [0.25, 0.3) is 5.56 Å². The maximum absolute atomic E-state index is 14.2. The summed E-state index contributed by atoms with van der Waals surface area (Å²) in [5, 5.41) is 16.1. The Morgan fingerprint density at radius 1 is 1.03 bits per heavy atom. The Kier molecular flexibility index (Phi) is 8.37. The molecular weight excluding hydrogens is 464 g/mol. The average Bonchev–Trinajstić information content (AvgIpc) is 2.88. The van der Waals surface area contributed by atoms with Gasteiger partial charge in [0.1, 0.15) is 5.65 Å². The number of aromatic nitrogens is 3. The van der Waals surface area contributed by atoms with Crippen LogP contribution >= 0.6 is 0 Å². The molecule has 0 amide bonds. The van der Waals surface area contributed by atoms with Crippen LogP contribution in [0, 0.1) is 0 Å². The third-order valence-corrected chi connectivity index (χ3v) is 8.15. The third-order valence-electron chi connectivity index (χ3n) is 8.15. The summed E-state index contributed by atoms with van der Waals surface area (Å²) in [6.07, 6.45) is 8.98. The number of hydrogen-bond acceptors (Lipinski definition) is 7. The van der Waals surface area contributed by atoms with E-state index in [0.29, 0.717) is 5.95 Å². The summed E-state index contributed by atoms with van der Waals surface area (Å²) < 4.78 is 1.96. The molecule has 200 valence electrons. The molecular formula is C29H42N6O2. The lowest BCUT2D eigenvalue weighted by molar-refractivity contribution is 0.134. The molecule has 0 unspecified atom stereocenters. The second-order valence-electron chi connectivity index (χ2n) is 11.0. The molecule has 2 fully saturated rings. The van der Waals surface area contributed by atoms with Crippen LogP contribution in [0.2, 0.25) is 0 Å². The number of aliphatic hydroxyl groups is 1. The highest BCUT2D eigenvalue weighted by atomic mass is 16.3. The van der Waals surface area contributed by atoms with Gasteiger partial charge in [-0.25, -0.2) is 4.98 Å². The van der Waals surface area contributed by atoms with Gasteiger partial charge in [-0.15, -0.1) is 0 Å². The first kappa shape index (κ1) is 26.1. The molecule has 0 spiro atoms. The van der Waals surface area contributed by atoms with Crippen LogP contribution in [0.4, 0.5) is 5.95 Å². The van der Waals surface area contributed by atoms with Gasteiger partial charge < -0.3 is 15.3 Å². The number of benzene rings is 1. The van der Waals surface area contributed by atoms with Crippen molar-refractivity contribution in [2.45, 2.75) is 77.0 Å². The van der Waals surface area contributed by atoms with E-state index in [0.717, 1.165) is 112 Å². The van der Waals surface area contributed by atoms with Gasteiger partial charge in [0.2, 0.25) is 5.95 Å². The Balaban J connectivity index is 1.57. The zero-order valence-electron chi connectivity index (χ0n) is 22.5. The van der Waals surface area contributed by atoms with E-state index in [1.54, 1.807) is 0 Å². The fraction of sp³-hybridized carbons (Fsp3) is 0.621. The predicted octanol–water partition coefficient (Wildman–Crippen LogP) is 4.16. The summed E-state index contributed by atoms with van der Waals surface area (Å²) in [5.74, 6) is 0.585. The molecule has 8 heteroatoms. The summed E-state index contributed by atoms with van der Waals surface area (Å²) in [5.41, 5.74) is 1.95. The Labute approximate surface area is 219 Å². The highest BCUT2D eigenvalue weighted by molar-refractivity contribution is 6.04. The Hall–Kier alpha value is -2.55. The fourth-order valence-electron chi connectivity index (χ4n) is 5.86. The van der Waals surface area contributed by atoms with Crippen LogP contribution in [-0.2, 0) is 6.54 Å². The fourth-order valence-corrected chi connectivity index (χ4v) is 5.86. The van der Waals surface area contributed by atoms with Crippen molar-refractivity contribution in [2.24, 2.45) is 0 Å². The van der Waals surface area contributed by atoms with Crippen molar-refractivity contribution in [2.75, 3.05) is 45.1 Å². The van der Waals surface area contributed by atoms with E-state index in [1.165, 1.54) is 5.56 Å². The lowest BCUT2D eigenvalue weighted by Gasteiger charge is -2.32. The number of aliphatic hydroxyl groups excluding tert-OH is 1. The lowest BCUT2D eigenvalue weighted by atomic mass is 9.94. The number of unbranched alkanes of at least 4 members (excludes halogenated alkanes) is 1. The highest BCUT2D eigenvalue weighted by Crippen LogP contribution is 2.31. The number of hydrogen-bond donors (Lipinski definition) is 2. The summed E-state index contributed by atoms with van der Waals surface area (Å²) in [6.45, 7) is 8.09. The monoisotopic (exact) mass is 506 g/mol. The number of fused-ring (bicyclic) bond motifs is 3. The molecule has 3 aromatic rings. The van der Waals surface area contributed by atoms with E-state index < -0.39 is 0 Å². The van der Waals surface area contributed by atoms with Crippen LogP contribution in [0.1, 0.15) is 69.9 Å². The van der Waals surface area contributed by atoms with Crippen LogP contribution in [0.5, 0.6) is 0 Å². The first-order chi connectivity index (χ1) is 18.0. The van der Waals surface area contributed by atoms with Gasteiger partial charge in [-0.05, 0) is 69.0 Å².